The smallest absolute Gasteiger partial charge is 0.178 e. The van der Waals surface area contributed by atoms with Crippen LogP contribution in [0, 0.1) is 0 Å². The highest BCUT2D eigenvalue weighted by Gasteiger charge is 2.19. The lowest BCUT2D eigenvalue weighted by molar-refractivity contribution is 0.100. The topological polar surface area (TPSA) is 55.6 Å². The molecule has 0 saturated carbocycles. The average Bonchev–Trinajstić information content (AvgIpc) is 2.90. The van der Waals surface area contributed by atoms with Gasteiger partial charge in [0.15, 0.2) is 5.78 Å². The van der Waals surface area contributed by atoms with E-state index in [1.807, 2.05) is 12.1 Å². The number of benzene rings is 1. The van der Waals surface area contributed by atoms with Gasteiger partial charge in [-0.05, 0) is 31.0 Å². The van der Waals surface area contributed by atoms with Gasteiger partial charge in [-0.25, -0.2) is 0 Å². The molecule has 0 amide bonds. The second kappa shape index (κ2) is 5.19. The van der Waals surface area contributed by atoms with Crippen molar-refractivity contribution >= 4 is 11.5 Å². The van der Waals surface area contributed by atoms with Crippen molar-refractivity contribution < 1.29 is 9.53 Å². The van der Waals surface area contributed by atoms with Gasteiger partial charge in [-0.2, -0.15) is 0 Å². The SMILES string of the molecule is COc1ccc(N2CCCC2)c(C(=O)CN)c1. The Balaban J connectivity index is 2.38. The molecule has 4 heteroatoms. The van der Waals surface area contributed by atoms with Crippen molar-refractivity contribution in [2.24, 2.45) is 5.73 Å². The quantitative estimate of drug-likeness (QED) is 0.801. The molecule has 1 saturated heterocycles. The van der Waals surface area contributed by atoms with E-state index in [9.17, 15) is 4.79 Å². The summed E-state index contributed by atoms with van der Waals surface area (Å²) in [6.07, 6.45) is 2.37. The van der Waals surface area contributed by atoms with Gasteiger partial charge >= 0.3 is 0 Å². The molecule has 1 fully saturated rings. The molecule has 0 bridgehead atoms. The van der Waals surface area contributed by atoms with Gasteiger partial charge in [-0.15, -0.1) is 0 Å². The van der Waals surface area contributed by atoms with Crippen LogP contribution in [0.2, 0.25) is 0 Å². The number of Topliss-reactive ketones (excluding diaryl/α,β-unsaturated/α-hetero) is 1. The van der Waals surface area contributed by atoms with Gasteiger partial charge in [-0.1, -0.05) is 0 Å². The number of carbonyl (C=O) groups excluding carboxylic acids is 1. The summed E-state index contributed by atoms with van der Waals surface area (Å²) in [6, 6.07) is 5.62. The zero-order valence-corrected chi connectivity index (χ0v) is 10.1. The van der Waals surface area contributed by atoms with Crippen LogP contribution in [-0.2, 0) is 0 Å². The number of hydrogen-bond acceptors (Lipinski definition) is 4. The Kier molecular flexibility index (Phi) is 3.64. The highest BCUT2D eigenvalue weighted by molar-refractivity contribution is 6.03. The second-order valence-corrected chi connectivity index (χ2v) is 4.20. The fourth-order valence-electron chi connectivity index (χ4n) is 2.21. The van der Waals surface area contributed by atoms with Crippen molar-refractivity contribution in [1.29, 1.82) is 0 Å². The van der Waals surface area contributed by atoms with E-state index in [1.165, 1.54) is 12.8 Å². The highest BCUT2D eigenvalue weighted by atomic mass is 16.5. The maximum absolute atomic E-state index is 11.9. The van der Waals surface area contributed by atoms with Crippen LogP contribution in [-0.4, -0.2) is 32.5 Å². The standard InChI is InChI=1S/C13H18N2O2/c1-17-10-4-5-12(15-6-2-3-7-15)11(8-10)13(16)9-14/h4-5,8H,2-3,6-7,9,14H2,1H3. The Morgan fingerprint density at radius 3 is 2.71 bits per heavy atom. The van der Waals surface area contributed by atoms with Crippen molar-refractivity contribution in [3.8, 4) is 5.75 Å². The van der Waals surface area contributed by atoms with E-state index >= 15 is 0 Å². The van der Waals surface area contributed by atoms with Crippen LogP contribution in [0.3, 0.4) is 0 Å². The number of ether oxygens (including phenoxy) is 1. The van der Waals surface area contributed by atoms with E-state index in [0.29, 0.717) is 11.3 Å². The molecular formula is C13H18N2O2. The van der Waals surface area contributed by atoms with E-state index in [1.54, 1.807) is 13.2 Å². The summed E-state index contributed by atoms with van der Waals surface area (Å²) in [5.74, 6) is 0.663. The number of ketones is 1. The number of rotatable bonds is 4. The molecule has 1 aliphatic heterocycles. The number of methoxy groups -OCH3 is 1. The van der Waals surface area contributed by atoms with Gasteiger partial charge in [0.25, 0.3) is 0 Å². The maximum atomic E-state index is 11.9. The lowest BCUT2D eigenvalue weighted by Gasteiger charge is -2.21. The zero-order valence-electron chi connectivity index (χ0n) is 10.1. The predicted molar refractivity (Wildman–Crippen MR) is 67.8 cm³/mol. The molecule has 0 radical (unpaired) electrons. The van der Waals surface area contributed by atoms with Gasteiger partial charge < -0.3 is 15.4 Å². The van der Waals surface area contributed by atoms with Gasteiger partial charge in [-0.3, -0.25) is 4.79 Å². The molecule has 17 heavy (non-hydrogen) atoms. The number of carbonyl (C=O) groups is 1. The fraction of sp³-hybridized carbons (Fsp3) is 0.462. The summed E-state index contributed by atoms with van der Waals surface area (Å²) >= 11 is 0. The monoisotopic (exact) mass is 234 g/mol. The third-order valence-electron chi connectivity index (χ3n) is 3.14. The molecule has 1 heterocycles. The molecule has 1 aliphatic rings. The number of anilines is 1. The summed E-state index contributed by atoms with van der Waals surface area (Å²) in [5, 5.41) is 0. The molecule has 2 N–H and O–H groups in total. The molecule has 0 atom stereocenters. The lowest BCUT2D eigenvalue weighted by Crippen LogP contribution is -2.23. The van der Waals surface area contributed by atoms with Gasteiger partial charge in [0.1, 0.15) is 5.75 Å². The first-order chi connectivity index (χ1) is 8.26. The van der Waals surface area contributed by atoms with Crippen molar-refractivity contribution in [2.45, 2.75) is 12.8 Å². The van der Waals surface area contributed by atoms with Crippen molar-refractivity contribution in [1.82, 2.24) is 0 Å². The Hall–Kier alpha value is -1.55. The Labute approximate surface area is 101 Å². The van der Waals surface area contributed by atoms with E-state index in [2.05, 4.69) is 4.90 Å². The fourth-order valence-corrected chi connectivity index (χ4v) is 2.21. The van der Waals surface area contributed by atoms with E-state index in [0.717, 1.165) is 18.8 Å². The molecule has 0 aromatic heterocycles. The third-order valence-corrected chi connectivity index (χ3v) is 3.14. The van der Waals surface area contributed by atoms with Crippen LogP contribution in [0.1, 0.15) is 23.2 Å². The van der Waals surface area contributed by atoms with Gasteiger partial charge in [0.2, 0.25) is 0 Å². The molecule has 1 aromatic rings. The first-order valence-corrected chi connectivity index (χ1v) is 5.92. The normalized spacial score (nSPS) is 15.1. The predicted octanol–water partition coefficient (Wildman–Crippen LogP) is 1.44. The van der Waals surface area contributed by atoms with Crippen LogP contribution >= 0.6 is 0 Å². The van der Waals surface area contributed by atoms with Crippen LogP contribution in [0.5, 0.6) is 5.75 Å². The van der Waals surface area contributed by atoms with E-state index < -0.39 is 0 Å². The second-order valence-electron chi connectivity index (χ2n) is 4.20. The van der Waals surface area contributed by atoms with Crippen molar-refractivity contribution in [3.05, 3.63) is 23.8 Å². The maximum Gasteiger partial charge on any atom is 0.178 e. The first kappa shape index (κ1) is 11.9. The van der Waals surface area contributed by atoms with E-state index in [-0.39, 0.29) is 12.3 Å². The molecule has 0 aliphatic carbocycles. The van der Waals surface area contributed by atoms with E-state index in [4.69, 9.17) is 10.5 Å². The van der Waals surface area contributed by atoms with Crippen LogP contribution < -0.4 is 15.4 Å². The molecule has 2 rings (SSSR count). The van der Waals surface area contributed by atoms with Gasteiger partial charge in [0, 0.05) is 24.3 Å². The number of hydrogen-bond donors (Lipinski definition) is 1. The van der Waals surface area contributed by atoms with Crippen molar-refractivity contribution in [3.63, 3.8) is 0 Å². The summed E-state index contributed by atoms with van der Waals surface area (Å²) in [6.45, 7) is 2.06. The lowest BCUT2D eigenvalue weighted by atomic mass is 10.1. The summed E-state index contributed by atoms with van der Waals surface area (Å²) < 4.78 is 5.16. The Morgan fingerprint density at radius 2 is 2.12 bits per heavy atom. The molecule has 0 spiro atoms. The largest absolute Gasteiger partial charge is 0.497 e. The highest BCUT2D eigenvalue weighted by Crippen LogP contribution is 2.28. The molecule has 4 nitrogen and oxygen atoms in total. The molecule has 92 valence electrons. The first-order valence-electron chi connectivity index (χ1n) is 5.92. The Morgan fingerprint density at radius 1 is 1.41 bits per heavy atom. The summed E-state index contributed by atoms with van der Waals surface area (Å²) in [5.41, 5.74) is 7.11. The summed E-state index contributed by atoms with van der Waals surface area (Å²) in [4.78, 5) is 14.1. The van der Waals surface area contributed by atoms with Crippen LogP contribution in [0.15, 0.2) is 18.2 Å². The van der Waals surface area contributed by atoms with Crippen LogP contribution in [0.25, 0.3) is 0 Å². The minimum atomic E-state index is -0.0363. The average molecular weight is 234 g/mol. The van der Waals surface area contributed by atoms with Crippen LogP contribution in [0.4, 0.5) is 5.69 Å². The number of nitrogens with zero attached hydrogens (tertiary/aromatic N) is 1. The van der Waals surface area contributed by atoms with Gasteiger partial charge in [0.05, 0.1) is 13.7 Å². The third kappa shape index (κ3) is 2.42. The molecule has 1 aromatic carbocycles. The van der Waals surface area contributed by atoms with Crippen molar-refractivity contribution in [2.75, 3.05) is 31.6 Å². The summed E-state index contributed by atoms with van der Waals surface area (Å²) in [7, 11) is 1.60. The minimum absolute atomic E-state index is 0.0357. The Bertz CT molecular complexity index is 412. The molecule has 0 unspecified atom stereocenters. The molecular weight excluding hydrogens is 216 g/mol. The zero-order chi connectivity index (χ0) is 12.3. The minimum Gasteiger partial charge on any atom is -0.497 e. The number of nitrogens with two attached hydrogens (primary N) is 1.